The molecule has 1 aromatic carbocycles. The third kappa shape index (κ3) is 2.23. The van der Waals surface area contributed by atoms with E-state index in [1.54, 1.807) is 17.8 Å². The van der Waals surface area contributed by atoms with Gasteiger partial charge in [-0.05, 0) is 48.1 Å². The van der Waals surface area contributed by atoms with E-state index < -0.39 is 0 Å². The second-order valence-corrected chi connectivity index (χ2v) is 6.95. The van der Waals surface area contributed by atoms with Crippen LogP contribution in [0.1, 0.15) is 25.5 Å². The molecule has 1 aliphatic rings. The van der Waals surface area contributed by atoms with Gasteiger partial charge in [-0.25, -0.2) is 9.78 Å². The maximum Gasteiger partial charge on any atom is 0.328 e. The fourth-order valence-electron chi connectivity index (χ4n) is 3.21. The van der Waals surface area contributed by atoms with Gasteiger partial charge in [0.1, 0.15) is 11.8 Å². The van der Waals surface area contributed by atoms with Crippen molar-refractivity contribution < 1.29 is 0 Å². The van der Waals surface area contributed by atoms with Crippen LogP contribution in [-0.2, 0) is 13.6 Å². The maximum atomic E-state index is 12.6. The molecule has 3 aromatic rings. The van der Waals surface area contributed by atoms with Crippen LogP contribution in [0.25, 0.3) is 22.2 Å². The molecule has 1 aliphatic carbocycles. The number of aromatic nitrogens is 3. The molecule has 0 aliphatic heterocycles. The van der Waals surface area contributed by atoms with Gasteiger partial charge in [-0.3, -0.25) is 9.13 Å². The van der Waals surface area contributed by atoms with E-state index >= 15 is 0 Å². The standard InChI is InChI=1S/C19H18N4O/c1-19(7-8-19)12-23-16-6-5-13(10-17(16)22(2)18(23)24)14-4-3-9-21-15(14)11-20/h3-6,9-10H,7-8,12H2,1-2H3. The highest BCUT2D eigenvalue weighted by atomic mass is 16.1. The van der Waals surface area contributed by atoms with Crippen LogP contribution < -0.4 is 5.69 Å². The van der Waals surface area contributed by atoms with E-state index in [2.05, 4.69) is 18.0 Å². The van der Waals surface area contributed by atoms with Crippen molar-refractivity contribution in [3.05, 3.63) is 52.7 Å². The molecule has 0 spiro atoms. The van der Waals surface area contributed by atoms with Crippen molar-refractivity contribution in [3.8, 4) is 17.2 Å². The Kier molecular flexibility index (Phi) is 3.10. The summed E-state index contributed by atoms with van der Waals surface area (Å²) in [5.74, 6) is 0. The smallest absolute Gasteiger partial charge is 0.295 e. The molecule has 120 valence electrons. The van der Waals surface area contributed by atoms with Gasteiger partial charge in [-0.1, -0.05) is 13.0 Å². The van der Waals surface area contributed by atoms with Gasteiger partial charge in [0.05, 0.1) is 11.0 Å². The predicted molar refractivity (Wildman–Crippen MR) is 92.5 cm³/mol. The molecular weight excluding hydrogens is 300 g/mol. The fourth-order valence-corrected chi connectivity index (χ4v) is 3.21. The number of hydrogen-bond acceptors (Lipinski definition) is 3. The molecule has 1 fully saturated rings. The number of nitrogens with zero attached hydrogens (tertiary/aromatic N) is 4. The van der Waals surface area contributed by atoms with E-state index in [-0.39, 0.29) is 11.1 Å². The van der Waals surface area contributed by atoms with Crippen LogP contribution in [-0.4, -0.2) is 14.1 Å². The normalized spacial score (nSPS) is 15.4. The van der Waals surface area contributed by atoms with Crippen LogP contribution in [0, 0.1) is 16.7 Å². The van der Waals surface area contributed by atoms with Crippen molar-refractivity contribution in [2.24, 2.45) is 12.5 Å². The highest BCUT2D eigenvalue weighted by Crippen LogP contribution is 2.46. The lowest BCUT2D eigenvalue weighted by atomic mass is 10.0. The molecule has 24 heavy (non-hydrogen) atoms. The summed E-state index contributed by atoms with van der Waals surface area (Å²) in [5.41, 5.74) is 4.19. The van der Waals surface area contributed by atoms with Crippen molar-refractivity contribution in [1.82, 2.24) is 14.1 Å². The summed E-state index contributed by atoms with van der Waals surface area (Å²) in [6, 6.07) is 11.7. The van der Waals surface area contributed by atoms with E-state index in [4.69, 9.17) is 0 Å². The Morgan fingerprint density at radius 1 is 1.29 bits per heavy atom. The molecule has 5 heteroatoms. The largest absolute Gasteiger partial charge is 0.328 e. The molecule has 0 unspecified atom stereocenters. The van der Waals surface area contributed by atoms with Gasteiger partial charge in [-0.15, -0.1) is 0 Å². The molecule has 0 atom stereocenters. The van der Waals surface area contributed by atoms with Crippen molar-refractivity contribution >= 4 is 11.0 Å². The minimum Gasteiger partial charge on any atom is -0.295 e. The summed E-state index contributed by atoms with van der Waals surface area (Å²) in [7, 11) is 1.80. The highest BCUT2D eigenvalue weighted by Gasteiger charge is 2.38. The lowest BCUT2D eigenvalue weighted by Gasteiger charge is -2.09. The number of aryl methyl sites for hydroxylation is 1. The molecule has 0 N–H and O–H groups in total. The highest BCUT2D eigenvalue weighted by molar-refractivity contribution is 5.83. The number of rotatable bonds is 3. The van der Waals surface area contributed by atoms with Gasteiger partial charge < -0.3 is 0 Å². The number of nitriles is 1. The van der Waals surface area contributed by atoms with Crippen molar-refractivity contribution in [2.75, 3.05) is 0 Å². The zero-order valence-electron chi connectivity index (χ0n) is 13.8. The number of imidazole rings is 1. The van der Waals surface area contributed by atoms with Crippen LogP contribution in [0.2, 0.25) is 0 Å². The quantitative estimate of drug-likeness (QED) is 0.745. The molecule has 2 aromatic heterocycles. The summed E-state index contributed by atoms with van der Waals surface area (Å²) < 4.78 is 3.56. The van der Waals surface area contributed by atoms with Gasteiger partial charge in [-0.2, -0.15) is 5.26 Å². The van der Waals surface area contributed by atoms with Crippen LogP contribution in [0.5, 0.6) is 0 Å². The summed E-state index contributed by atoms with van der Waals surface area (Å²) in [6.07, 6.45) is 3.97. The third-order valence-corrected chi connectivity index (χ3v) is 5.01. The van der Waals surface area contributed by atoms with E-state index in [9.17, 15) is 10.1 Å². The topological polar surface area (TPSA) is 63.6 Å². The molecule has 0 radical (unpaired) electrons. The second-order valence-electron chi connectivity index (χ2n) is 6.95. The number of benzene rings is 1. The van der Waals surface area contributed by atoms with E-state index in [1.807, 2.05) is 34.9 Å². The van der Waals surface area contributed by atoms with Crippen LogP contribution in [0.4, 0.5) is 0 Å². The average Bonchev–Trinajstić information content (AvgIpc) is 3.30. The lowest BCUT2D eigenvalue weighted by Crippen LogP contribution is -2.25. The lowest BCUT2D eigenvalue weighted by molar-refractivity contribution is 0.460. The first-order valence-electron chi connectivity index (χ1n) is 8.07. The number of fused-ring (bicyclic) bond motifs is 1. The minimum absolute atomic E-state index is 0.0157. The Hall–Kier alpha value is -2.87. The monoisotopic (exact) mass is 318 g/mol. The van der Waals surface area contributed by atoms with Gasteiger partial charge in [0, 0.05) is 25.4 Å². The molecule has 1 saturated carbocycles. The molecule has 0 amide bonds. The summed E-state index contributed by atoms with van der Waals surface area (Å²) >= 11 is 0. The van der Waals surface area contributed by atoms with Gasteiger partial charge in [0.25, 0.3) is 0 Å². The molecule has 0 saturated heterocycles. The molecular formula is C19H18N4O. The summed E-state index contributed by atoms with van der Waals surface area (Å²) in [6.45, 7) is 2.99. The van der Waals surface area contributed by atoms with Crippen molar-refractivity contribution in [1.29, 1.82) is 5.26 Å². The van der Waals surface area contributed by atoms with Crippen molar-refractivity contribution in [3.63, 3.8) is 0 Å². The first kappa shape index (κ1) is 14.7. The van der Waals surface area contributed by atoms with Gasteiger partial charge >= 0.3 is 5.69 Å². The minimum atomic E-state index is 0.0157. The SMILES string of the molecule is Cn1c(=O)n(CC2(C)CC2)c2ccc(-c3cccnc3C#N)cc21. The zero-order chi connectivity index (χ0) is 16.9. The van der Waals surface area contributed by atoms with E-state index in [0.29, 0.717) is 5.69 Å². The Morgan fingerprint density at radius 3 is 2.79 bits per heavy atom. The second kappa shape index (κ2) is 5.07. The third-order valence-electron chi connectivity index (χ3n) is 5.01. The Labute approximate surface area is 139 Å². The fraction of sp³-hybridized carbons (Fsp3) is 0.316. The Morgan fingerprint density at radius 2 is 2.08 bits per heavy atom. The number of pyridine rings is 1. The van der Waals surface area contributed by atoms with Gasteiger partial charge in [0.15, 0.2) is 0 Å². The van der Waals surface area contributed by atoms with Crippen LogP contribution >= 0.6 is 0 Å². The van der Waals surface area contributed by atoms with Crippen LogP contribution in [0.3, 0.4) is 0 Å². The first-order valence-corrected chi connectivity index (χ1v) is 8.07. The summed E-state index contributed by atoms with van der Waals surface area (Å²) in [5, 5.41) is 9.26. The molecule has 0 bridgehead atoms. The van der Waals surface area contributed by atoms with E-state index in [1.165, 1.54) is 12.8 Å². The van der Waals surface area contributed by atoms with Gasteiger partial charge in [0.2, 0.25) is 0 Å². The predicted octanol–water partition coefficient (Wildman–Crippen LogP) is 3.07. The summed E-state index contributed by atoms with van der Waals surface area (Å²) in [4.78, 5) is 16.7. The maximum absolute atomic E-state index is 12.6. The Balaban J connectivity index is 1.89. The molecule has 2 heterocycles. The van der Waals surface area contributed by atoms with Crippen molar-refractivity contribution in [2.45, 2.75) is 26.3 Å². The Bertz CT molecular complexity index is 1050. The molecule has 4 rings (SSSR count). The average molecular weight is 318 g/mol. The first-order chi connectivity index (χ1) is 11.5. The van der Waals surface area contributed by atoms with Crippen LogP contribution in [0.15, 0.2) is 41.3 Å². The zero-order valence-corrected chi connectivity index (χ0v) is 13.8. The van der Waals surface area contributed by atoms with E-state index in [0.717, 1.165) is 28.7 Å². The molecule has 5 nitrogen and oxygen atoms in total. The number of hydrogen-bond donors (Lipinski definition) is 0.